The normalized spacial score (nSPS) is 10.3. The van der Waals surface area contributed by atoms with E-state index >= 15 is 0 Å². The lowest BCUT2D eigenvalue weighted by Gasteiger charge is -1.97. The summed E-state index contributed by atoms with van der Waals surface area (Å²) in [6, 6.07) is 1.23. The molecule has 2 rings (SSSR count). The lowest BCUT2D eigenvalue weighted by Crippen LogP contribution is -1.99. The summed E-state index contributed by atoms with van der Waals surface area (Å²) in [5.74, 6) is -0.133. The van der Waals surface area contributed by atoms with Crippen LogP contribution in [0.2, 0.25) is 0 Å². The van der Waals surface area contributed by atoms with Crippen LogP contribution in [0.3, 0.4) is 0 Å². The third kappa shape index (κ3) is 1.82. The van der Waals surface area contributed by atoms with Crippen molar-refractivity contribution in [3.63, 3.8) is 0 Å². The molecule has 2 aromatic rings. The van der Waals surface area contributed by atoms with Gasteiger partial charge in [0.2, 0.25) is 5.95 Å². The quantitative estimate of drug-likeness (QED) is 0.589. The van der Waals surface area contributed by atoms with Gasteiger partial charge in [0, 0.05) is 12.3 Å². The molecule has 0 aliphatic carbocycles. The summed E-state index contributed by atoms with van der Waals surface area (Å²) in [4.78, 5) is 7.22. The Bertz CT molecular complexity index is 428. The Morgan fingerprint density at radius 3 is 2.85 bits per heavy atom. The first-order chi connectivity index (χ1) is 6.25. The maximum Gasteiger partial charge on any atom is 0.218 e. The SMILES string of the molecule is Fc1cc(-n2cc(I)cn2)ncn1. The second-order valence-corrected chi connectivity index (χ2v) is 3.55. The molecule has 0 spiro atoms. The molecule has 2 aromatic heterocycles. The van der Waals surface area contributed by atoms with Gasteiger partial charge >= 0.3 is 0 Å². The van der Waals surface area contributed by atoms with Gasteiger partial charge < -0.3 is 0 Å². The van der Waals surface area contributed by atoms with Crippen molar-refractivity contribution < 1.29 is 4.39 Å². The molecule has 0 aliphatic heterocycles. The summed E-state index contributed by atoms with van der Waals surface area (Å²) in [6.45, 7) is 0. The van der Waals surface area contributed by atoms with Gasteiger partial charge in [0.15, 0.2) is 5.82 Å². The molecule has 0 N–H and O–H groups in total. The summed E-state index contributed by atoms with van der Waals surface area (Å²) in [6.07, 6.45) is 4.59. The van der Waals surface area contributed by atoms with Crippen molar-refractivity contribution in [3.8, 4) is 5.82 Å². The second kappa shape index (κ2) is 3.36. The Kier molecular flexibility index (Phi) is 2.21. The molecular formula is C7H4FIN4. The topological polar surface area (TPSA) is 43.6 Å². The fourth-order valence-electron chi connectivity index (χ4n) is 0.876. The zero-order chi connectivity index (χ0) is 9.26. The third-order valence-corrected chi connectivity index (χ3v) is 1.96. The van der Waals surface area contributed by atoms with Gasteiger partial charge in [0.25, 0.3) is 0 Å². The minimum Gasteiger partial charge on any atom is -0.221 e. The van der Waals surface area contributed by atoms with Crippen LogP contribution in [0.5, 0.6) is 0 Å². The second-order valence-electron chi connectivity index (χ2n) is 2.30. The van der Waals surface area contributed by atoms with E-state index < -0.39 is 5.95 Å². The average Bonchev–Trinajstić information content (AvgIpc) is 2.52. The maximum absolute atomic E-state index is 12.7. The van der Waals surface area contributed by atoms with Crippen molar-refractivity contribution in [1.82, 2.24) is 19.7 Å². The van der Waals surface area contributed by atoms with Gasteiger partial charge in [-0.3, -0.25) is 0 Å². The zero-order valence-corrected chi connectivity index (χ0v) is 8.51. The Morgan fingerprint density at radius 2 is 2.23 bits per heavy atom. The van der Waals surface area contributed by atoms with Crippen molar-refractivity contribution in [3.05, 3.63) is 34.3 Å². The molecule has 0 fully saturated rings. The third-order valence-electron chi connectivity index (χ3n) is 1.41. The summed E-state index contributed by atoms with van der Waals surface area (Å²) in [5, 5.41) is 3.98. The van der Waals surface area contributed by atoms with Crippen LogP contribution in [-0.2, 0) is 0 Å². The summed E-state index contributed by atoms with van der Waals surface area (Å²) in [7, 11) is 0. The predicted molar refractivity (Wildman–Crippen MR) is 51.8 cm³/mol. The first-order valence-electron chi connectivity index (χ1n) is 3.44. The molecular weight excluding hydrogens is 286 g/mol. The number of hydrogen-bond acceptors (Lipinski definition) is 3. The Morgan fingerprint density at radius 1 is 1.38 bits per heavy atom. The number of nitrogens with zero attached hydrogens (tertiary/aromatic N) is 4. The average molecular weight is 290 g/mol. The molecule has 66 valence electrons. The van der Waals surface area contributed by atoms with Gasteiger partial charge in [-0.15, -0.1) is 0 Å². The largest absolute Gasteiger partial charge is 0.221 e. The van der Waals surface area contributed by atoms with Crippen LogP contribution in [0.15, 0.2) is 24.8 Å². The predicted octanol–water partition coefficient (Wildman–Crippen LogP) is 1.41. The van der Waals surface area contributed by atoms with Crippen molar-refractivity contribution in [1.29, 1.82) is 0 Å². The van der Waals surface area contributed by atoms with Crippen molar-refractivity contribution in [2.75, 3.05) is 0 Å². The van der Waals surface area contributed by atoms with Crippen molar-refractivity contribution in [2.45, 2.75) is 0 Å². The van der Waals surface area contributed by atoms with Crippen LogP contribution in [0.1, 0.15) is 0 Å². The molecule has 0 bridgehead atoms. The number of hydrogen-bond donors (Lipinski definition) is 0. The fourth-order valence-corrected chi connectivity index (χ4v) is 1.26. The maximum atomic E-state index is 12.7. The van der Waals surface area contributed by atoms with E-state index in [1.165, 1.54) is 17.1 Å². The summed E-state index contributed by atoms with van der Waals surface area (Å²) >= 11 is 2.12. The van der Waals surface area contributed by atoms with Gasteiger partial charge in [-0.25, -0.2) is 14.6 Å². The molecule has 6 heteroatoms. The van der Waals surface area contributed by atoms with E-state index in [1.54, 1.807) is 12.4 Å². The smallest absolute Gasteiger partial charge is 0.218 e. The van der Waals surface area contributed by atoms with Crippen molar-refractivity contribution in [2.24, 2.45) is 0 Å². The first kappa shape index (κ1) is 8.54. The molecule has 0 aromatic carbocycles. The highest BCUT2D eigenvalue weighted by molar-refractivity contribution is 14.1. The molecule has 4 nitrogen and oxygen atoms in total. The van der Waals surface area contributed by atoms with Gasteiger partial charge in [-0.05, 0) is 22.6 Å². The van der Waals surface area contributed by atoms with Crippen LogP contribution in [0.25, 0.3) is 5.82 Å². The Labute approximate surface area is 87.0 Å². The molecule has 0 saturated carbocycles. The molecule has 0 amide bonds. The first-order valence-corrected chi connectivity index (χ1v) is 4.52. The van der Waals surface area contributed by atoms with Gasteiger partial charge in [0.05, 0.1) is 9.77 Å². The summed E-state index contributed by atoms with van der Waals surface area (Å²) < 4.78 is 15.1. The molecule has 0 unspecified atom stereocenters. The van der Waals surface area contributed by atoms with Crippen LogP contribution < -0.4 is 0 Å². The van der Waals surface area contributed by atoms with Crippen LogP contribution in [0, 0.1) is 9.52 Å². The number of rotatable bonds is 1. The lowest BCUT2D eigenvalue weighted by atomic mass is 10.6. The lowest BCUT2D eigenvalue weighted by molar-refractivity contribution is 0.575. The number of aromatic nitrogens is 4. The fraction of sp³-hybridized carbons (Fsp3) is 0. The van der Waals surface area contributed by atoms with Crippen LogP contribution in [0.4, 0.5) is 4.39 Å². The van der Waals surface area contributed by atoms with E-state index in [-0.39, 0.29) is 0 Å². The molecule has 0 aliphatic rings. The van der Waals surface area contributed by atoms with E-state index in [9.17, 15) is 4.39 Å². The minimum absolute atomic E-state index is 0.426. The molecule has 0 radical (unpaired) electrons. The highest BCUT2D eigenvalue weighted by Crippen LogP contribution is 2.06. The molecule has 0 atom stereocenters. The minimum atomic E-state index is -0.560. The van der Waals surface area contributed by atoms with E-state index in [0.717, 1.165) is 3.57 Å². The van der Waals surface area contributed by atoms with E-state index in [4.69, 9.17) is 0 Å². The highest BCUT2D eigenvalue weighted by Gasteiger charge is 2.01. The van der Waals surface area contributed by atoms with Crippen molar-refractivity contribution >= 4 is 22.6 Å². The number of halogens is 2. The van der Waals surface area contributed by atoms with Gasteiger partial charge in [0.1, 0.15) is 6.33 Å². The monoisotopic (exact) mass is 290 g/mol. The van der Waals surface area contributed by atoms with E-state index in [2.05, 4.69) is 37.7 Å². The van der Waals surface area contributed by atoms with E-state index in [0.29, 0.717) is 5.82 Å². The standard InChI is InChI=1S/C7H4FIN4/c8-6-1-7(11-4-10-6)13-3-5(9)2-12-13/h1-4H. The Hall–Kier alpha value is -1.05. The van der Waals surface area contributed by atoms with Crippen LogP contribution >= 0.6 is 22.6 Å². The van der Waals surface area contributed by atoms with Gasteiger partial charge in [-0.1, -0.05) is 0 Å². The summed E-state index contributed by atoms with van der Waals surface area (Å²) in [5.41, 5.74) is 0. The highest BCUT2D eigenvalue weighted by atomic mass is 127. The zero-order valence-electron chi connectivity index (χ0n) is 6.35. The molecule has 2 heterocycles. The molecule has 0 saturated heterocycles. The molecule has 13 heavy (non-hydrogen) atoms. The van der Waals surface area contributed by atoms with Crippen LogP contribution in [-0.4, -0.2) is 19.7 Å². The van der Waals surface area contributed by atoms with E-state index in [1.807, 2.05) is 0 Å². The van der Waals surface area contributed by atoms with Gasteiger partial charge in [-0.2, -0.15) is 9.49 Å². The Balaban J connectivity index is 2.46.